The van der Waals surface area contributed by atoms with Crippen molar-refractivity contribution >= 4 is 38.5 Å². The lowest BCUT2D eigenvalue weighted by Crippen LogP contribution is -2.29. The molecule has 7 heteroatoms. The number of amides is 2. The molecule has 3 rings (SSSR count). The van der Waals surface area contributed by atoms with Gasteiger partial charge in [-0.05, 0) is 23.8 Å². The molecule has 0 radical (unpaired) electrons. The molecule has 0 bridgehead atoms. The summed E-state index contributed by atoms with van der Waals surface area (Å²) >= 11 is 1.21. The van der Waals surface area contributed by atoms with Crippen LogP contribution in [0.4, 0.5) is 9.52 Å². The van der Waals surface area contributed by atoms with Crippen LogP contribution in [0.1, 0.15) is 24.9 Å². The van der Waals surface area contributed by atoms with Crippen molar-refractivity contribution in [3.8, 4) is 0 Å². The van der Waals surface area contributed by atoms with Gasteiger partial charge in [0.05, 0.1) is 22.7 Å². The molecule has 1 aromatic heterocycles. The summed E-state index contributed by atoms with van der Waals surface area (Å²) in [6, 6.07) is 13.1. The van der Waals surface area contributed by atoms with E-state index < -0.39 is 6.04 Å². The van der Waals surface area contributed by atoms with Crippen molar-refractivity contribution in [3.05, 3.63) is 59.9 Å². The summed E-state index contributed by atoms with van der Waals surface area (Å²) in [5, 5.41) is 5.90. The first-order chi connectivity index (χ1) is 12.0. The summed E-state index contributed by atoms with van der Waals surface area (Å²) in [6.45, 7) is 1.41. The summed E-state index contributed by atoms with van der Waals surface area (Å²) in [4.78, 5) is 28.0. The maximum absolute atomic E-state index is 13.2. The van der Waals surface area contributed by atoms with Crippen molar-refractivity contribution in [1.82, 2.24) is 10.3 Å². The van der Waals surface area contributed by atoms with Gasteiger partial charge in [0, 0.05) is 6.92 Å². The third kappa shape index (κ3) is 4.39. The molecule has 0 spiro atoms. The van der Waals surface area contributed by atoms with Crippen molar-refractivity contribution in [2.45, 2.75) is 19.4 Å². The molecule has 5 nitrogen and oxygen atoms in total. The van der Waals surface area contributed by atoms with Crippen LogP contribution >= 0.6 is 11.3 Å². The minimum atomic E-state index is -0.425. The van der Waals surface area contributed by atoms with Crippen molar-refractivity contribution in [2.75, 3.05) is 5.32 Å². The van der Waals surface area contributed by atoms with E-state index in [2.05, 4.69) is 15.6 Å². The van der Waals surface area contributed by atoms with E-state index in [0.717, 1.165) is 5.56 Å². The van der Waals surface area contributed by atoms with Crippen molar-refractivity contribution in [3.63, 3.8) is 0 Å². The van der Waals surface area contributed by atoms with E-state index >= 15 is 0 Å². The zero-order valence-corrected chi connectivity index (χ0v) is 14.3. The fourth-order valence-electron chi connectivity index (χ4n) is 2.49. The van der Waals surface area contributed by atoms with Crippen LogP contribution in [0.5, 0.6) is 0 Å². The Kier molecular flexibility index (Phi) is 5.04. The number of nitrogens with zero attached hydrogens (tertiary/aromatic N) is 1. The topological polar surface area (TPSA) is 71.1 Å². The number of carbonyl (C=O) groups excluding carboxylic acids is 2. The van der Waals surface area contributed by atoms with Gasteiger partial charge >= 0.3 is 0 Å². The molecule has 2 N–H and O–H groups in total. The van der Waals surface area contributed by atoms with Crippen molar-refractivity contribution < 1.29 is 14.0 Å². The monoisotopic (exact) mass is 357 g/mol. The average molecular weight is 357 g/mol. The van der Waals surface area contributed by atoms with Gasteiger partial charge < -0.3 is 10.6 Å². The highest BCUT2D eigenvalue weighted by molar-refractivity contribution is 7.22. The second-order valence-electron chi connectivity index (χ2n) is 5.55. The van der Waals surface area contributed by atoms with Crippen LogP contribution in [-0.2, 0) is 9.59 Å². The molecule has 0 saturated carbocycles. The molecule has 3 aromatic rings. The second kappa shape index (κ2) is 7.40. The van der Waals surface area contributed by atoms with Crippen molar-refractivity contribution in [1.29, 1.82) is 0 Å². The normalized spacial score (nSPS) is 11.9. The van der Waals surface area contributed by atoms with Gasteiger partial charge in [-0.3, -0.25) is 9.59 Å². The molecule has 0 aliphatic rings. The maximum Gasteiger partial charge on any atom is 0.228 e. The largest absolute Gasteiger partial charge is 0.349 e. The molecule has 0 saturated heterocycles. The number of benzene rings is 2. The zero-order chi connectivity index (χ0) is 17.8. The smallest absolute Gasteiger partial charge is 0.228 e. The molecule has 0 unspecified atom stereocenters. The second-order valence-corrected chi connectivity index (χ2v) is 6.58. The van der Waals surface area contributed by atoms with Gasteiger partial charge in [0.1, 0.15) is 5.82 Å². The van der Waals surface area contributed by atoms with Gasteiger partial charge in [-0.2, -0.15) is 0 Å². The molecule has 0 fully saturated rings. The lowest BCUT2D eigenvalue weighted by molar-refractivity contribution is -0.120. The Bertz CT molecular complexity index is 911. The average Bonchev–Trinajstić information content (AvgIpc) is 2.95. The molecular formula is C18H16FN3O2S. The lowest BCUT2D eigenvalue weighted by Gasteiger charge is -2.17. The molecule has 0 aliphatic heterocycles. The van der Waals surface area contributed by atoms with Crippen LogP contribution in [0.15, 0.2) is 48.5 Å². The van der Waals surface area contributed by atoms with E-state index in [1.807, 2.05) is 30.3 Å². The predicted octanol–water partition coefficient (Wildman–Crippen LogP) is 3.64. The number of nitrogens with one attached hydrogen (secondary N) is 2. The van der Waals surface area contributed by atoms with Gasteiger partial charge in [0.25, 0.3) is 0 Å². The number of halogens is 1. The number of thiazole rings is 1. The fraction of sp³-hybridized carbons (Fsp3) is 0.167. The van der Waals surface area contributed by atoms with Crippen LogP contribution in [0.3, 0.4) is 0 Å². The lowest BCUT2D eigenvalue weighted by atomic mass is 10.0. The SMILES string of the molecule is CC(=O)N[C@@H](CC(=O)Nc1nc2ccc(F)cc2s1)c1ccccc1. The molecule has 1 heterocycles. The third-order valence-corrected chi connectivity index (χ3v) is 4.50. The number of anilines is 1. The number of hydrogen-bond acceptors (Lipinski definition) is 4. The minimum absolute atomic E-state index is 0.0773. The Balaban J connectivity index is 1.73. The van der Waals surface area contributed by atoms with E-state index in [0.29, 0.717) is 15.3 Å². The van der Waals surface area contributed by atoms with Crippen molar-refractivity contribution in [2.24, 2.45) is 0 Å². The number of carbonyl (C=O) groups is 2. The summed E-state index contributed by atoms with van der Waals surface area (Å²) < 4.78 is 13.9. The Morgan fingerprint density at radius 3 is 2.68 bits per heavy atom. The van der Waals surface area contributed by atoms with E-state index in [-0.39, 0.29) is 24.1 Å². The van der Waals surface area contributed by atoms with Crippen LogP contribution in [0.25, 0.3) is 10.2 Å². The zero-order valence-electron chi connectivity index (χ0n) is 13.5. The van der Waals surface area contributed by atoms with E-state index in [9.17, 15) is 14.0 Å². The molecule has 1 atom stereocenters. The molecule has 2 aromatic carbocycles. The number of fused-ring (bicyclic) bond motifs is 1. The third-order valence-electron chi connectivity index (χ3n) is 3.57. The highest BCUT2D eigenvalue weighted by Gasteiger charge is 2.18. The summed E-state index contributed by atoms with van der Waals surface area (Å²) in [5.74, 6) is -0.830. The molecule has 0 aliphatic carbocycles. The molecular weight excluding hydrogens is 341 g/mol. The minimum Gasteiger partial charge on any atom is -0.349 e. The fourth-order valence-corrected chi connectivity index (χ4v) is 3.40. The van der Waals surface area contributed by atoms with Gasteiger partial charge in [0.2, 0.25) is 11.8 Å². The van der Waals surface area contributed by atoms with Gasteiger partial charge in [-0.15, -0.1) is 0 Å². The standard InChI is InChI=1S/C18H16FN3O2S/c1-11(23)20-15(12-5-3-2-4-6-12)10-17(24)22-18-21-14-8-7-13(19)9-16(14)25-18/h2-9,15H,10H2,1H3,(H,20,23)(H,21,22,24)/t15-/m0/s1. The van der Waals surface area contributed by atoms with E-state index in [1.54, 1.807) is 6.07 Å². The van der Waals surface area contributed by atoms with Crippen LogP contribution in [0.2, 0.25) is 0 Å². The number of aromatic nitrogens is 1. The van der Waals surface area contributed by atoms with E-state index in [4.69, 9.17) is 0 Å². The molecule has 128 valence electrons. The van der Waals surface area contributed by atoms with Crippen LogP contribution in [-0.4, -0.2) is 16.8 Å². The first-order valence-corrected chi connectivity index (χ1v) is 8.51. The summed E-state index contributed by atoms with van der Waals surface area (Å²) in [6.07, 6.45) is 0.0773. The first kappa shape index (κ1) is 17.0. The Hall–Kier alpha value is -2.80. The molecule has 25 heavy (non-hydrogen) atoms. The van der Waals surface area contributed by atoms with Crippen LogP contribution in [0, 0.1) is 5.82 Å². The summed E-state index contributed by atoms with van der Waals surface area (Å²) in [7, 11) is 0. The predicted molar refractivity (Wildman–Crippen MR) is 95.8 cm³/mol. The Morgan fingerprint density at radius 1 is 1.20 bits per heavy atom. The Labute approximate surface area is 147 Å². The van der Waals surface area contributed by atoms with E-state index in [1.165, 1.54) is 30.4 Å². The number of hydrogen-bond donors (Lipinski definition) is 2. The highest BCUT2D eigenvalue weighted by atomic mass is 32.1. The van der Waals surface area contributed by atoms with Gasteiger partial charge in [0.15, 0.2) is 5.13 Å². The Morgan fingerprint density at radius 2 is 1.96 bits per heavy atom. The first-order valence-electron chi connectivity index (χ1n) is 7.69. The van der Waals surface area contributed by atoms with Crippen LogP contribution < -0.4 is 10.6 Å². The van der Waals surface area contributed by atoms with Gasteiger partial charge in [-0.25, -0.2) is 9.37 Å². The highest BCUT2D eigenvalue weighted by Crippen LogP contribution is 2.27. The quantitative estimate of drug-likeness (QED) is 0.732. The maximum atomic E-state index is 13.2. The molecule has 2 amide bonds. The van der Waals surface area contributed by atoms with Gasteiger partial charge in [-0.1, -0.05) is 41.7 Å². The number of rotatable bonds is 5. The summed E-state index contributed by atoms with van der Waals surface area (Å²) in [5.41, 5.74) is 1.47.